The molecule has 5 rings (SSSR count). The van der Waals surface area contributed by atoms with Gasteiger partial charge in [0.25, 0.3) is 0 Å². The van der Waals surface area contributed by atoms with Crippen molar-refractivity contribution in [1.82, 2.24) is 24.7 Å². The first-order valence-corrected chi connectivity index (χ1v) is 13.3. The molecule has 0 aliphatic carbocycles. The highest BCUT2D eigenvalue weighted by Crippen LogP contribution is 2.31. The average Bonchev–Trinajstić information content (AvgIpc) is 3.32. The molecule has 0 radical (unpaired) electrons. The van der Waals surface area contributed by atoms with E-state index in [1.54, 1.807) is 17.2 Å². The summed E-state index contributed by atoms with van der Waals surface area (Å²) in [5.41, 5.74) is 4.84. The predicted octanol–water partition coefficient (Wildman–Crippen LogP) is 5.22. The second-order valence-corrected chi connectivity index (χ2v) is 11.2. The number of benzene rings is 1. The van der Waals surface area contributed by atoms with Crippen LogP contribution < -0.4 is 5.32 Å². The number of amides is 1. The molecule has 2 aliphatic rings. The summed E-state index contributed by atoms with van der Waals surface area (Å²) in [4.78, 5) is 26.7. The molecule has 0 atom stereocenters. The number of anilines is 2. The van der Waals surface area contributed by atoms with Crippen LogP contribution in [0, 0.1) is 5.82 Å². The maximum absolute atomic E-state index is 14.6. The third-order valence-electron chi connectivity index (χ3n) is 7.05. The van der Waals surface area contributed by atoms with Crippen LogP contribution in [0.4, 0.5) is 20.6 Å². The lowest BCUT2D eigenvalue weighted by atomic mass is 10.0. The van der Waals surface area contributed by atoms with Gasteiger partial charge in [0.05, 0.1) is 5.69 Å². The maximum Gasteiger partial charge on any atom is 0.410 e. The van der Waals surface area contributed by atoms with Crippen LogP contribution in [0.3, 0.4) is 0 Å². The number of piperazine rings is 1. The Labute approximate surface area is 223 Å². The van der Waals surface area contributed by atoms with Gasteiger partial charge in [0.1, 0.15) is 17.1 Å². The Morgan fingerprint density at radius 3 is 2.63 bits per heavy atom. The molecule has 8 nitrogen and oxygen atoms in total. The maximum atomic E-state index is 14.6. The van der Waals surface area contributed by atoms with Gasteiger partial charge in [0.15, 0.2) is 0 Å². The molecule has 1 saturated heterocycles. The number of H-pyrrole nitrogens is 1. The van der Waals surface area contributed by atoms with Gasteiger partial charge in [-0.2, -0.15) is 0 Å². The average molecular weight is 521 g/mol. The molecular formula is C29H37FN6O2. The molecule has 1 fully saturated rings. The first-order valence-electron chi connectivity index (χ1n) is 13.3. The van der Waals surface area contributed by atoms with Crippen molar-refractivity contribution in [3.63, 3.8) is 0 Å². The number of halogens is 1. The molecule has 0 spiro atoms. The van der Waals surface area contributed by atoms with E-state index < -0.39 is 5.60 Å². The zero-order chi connectivity index (χ0) is 26.9. The molecule has 202 valence electrons. The van der Waals surface area contributed by atoms with Crippen LogP contribution in [0.15, 0.2) is 42.6 Å². The van der Waals surface area contributed by atoms with Gasteiger partial charge >= 0.3 is 6.09 Å². The molecular weight excluding hydrogens is 483 g/mol. The smallest absolute Gasteiger partial charge is 0.410 e. The van der Waals surface area contributed by atoms with Crippen molar-refractivity contribution < 1.29 is 13.9 Å². The van der Waals surface area contributed by atoms with Crippen molar-refractivity contribution in [2.24, 2.45) is 0 Å². The number of pyridine rings is 1. The van der Waals surface area contributed by atoms with Crippen LogP contribution >= 0.6 is 0 Å². The second kappa shape index (κ2) is 10.7. The Bertz CT molecular complexity index is 1340. The first kappa shape index (κ1) is 26.2. The predicted molar refractivity (Wildman–Crippen MR) is 149 cm³/mol. The monoisotopic (exact) mass is 520 g/mol. The summed E-state index contributed by atoms with van der Waals surface area (Å²) < 4.78 is 20.1. The summed E-state index contributed by atoms with van der Waals surface area (Å²) >= 11 is 0. The van der Waals surface area contributed by atoms with Crippen molar-refractivity contribution in [1.29, 1.82) is 0 Å². The van der Waals surface area contributed by atoms with E-state index >= 15 is 0 Å². The van der Waals surface area contributed by atoms with Crippen molar-refractivity contribution in [2.45, 2.75) is 39.3 Å². The van der Waals surface area contributed by atoms with Gasteiger partial charge in [0, 0.05) is 74.3 Å². The Morgan fingerprint density at radius 2 is 1.92 bits per heavy atom. The van der Waals surface area contributed by atoms with Gasteiger partial charge in [-0.15, -0.1) is 0 Å². The highest BCUT2D eigenvalue weighted by atomic mass is 19.1. The fourth-order valence-corrected chi connectivity index (χ4v) is 4.89. The SMILES string of the molecule is CN1CCN(Cc2cc(Nc3ccnc4[nH]c(C5=CCN(C(=O)OC(C)(C)C)CC5)cc34)ccc2F)CC1. The van der Waals surface area contributed by atoms with Crippen molar-refractivity contribution in [2.75, 3.05) is 51.6 Å². The summed E-state index contributed by atoms with van der Waals surface area (Å²) in [6, 6.07) is 9.25. The van der Waals surface area contributed by atoms with Crippen LogP contribution in [0.25, 0.3) is 16.6 Å². The molecule has 1 aromatic carbocycles. The van der Waals surface area contributed by atoms with E-state index in [4.69, 9.17) is 4.74 Å². The Balaban J connectivity index is 1.31. The summed E-state index contributed by atoms with van der Waals surface area (Å²) in [7, 11) is 2.12. The normalized spacial score (nSPS) is 17.5. The third kappa shape index (κ3) is 6.16. The number of fused-ring (bicyclic) bond motifs is 1. The fourth-order valence-electron chi connectivity index (χ4n) is 4.89. The number of nitrogens with one attached hydrogen (secondary N) is 2. The molecule has 1 amide bonds. The van der Waals surface area contributed by atoms with Crippen LogP contribution in [0.5, 0.6) is 0 Å². The molecule has 4 heterocycles. The van der Waals surface area contributed by atoms with Crippen molar-refractivity contribution in [3.8, 4) is 0 Å². The van der Waals surface area contributed by atoms with Crippen LogP contribution in [-0.2, 0) is 11.3 Å². The van der Waals surface area contributed by atoms with E-state index in [-0.39, 0.29) is 11.9 Å². The molecule has 2 N–H and O–H groups in total. The minimum Gasteiger partial charge on any atom is -0.444 e. The van der Waals surface area contributed by atoms with Gasteiger partial charge in [-0.1, -0.05) is 6.08 Å². The zero-order valence-corrected chi connectivity index (χ0v) is 22.7. The van der Waals surface area contributed by atoms with Gasteiger partial charge in [-0.3, -0.25) is 4.90 Å². The number of nitrogens with zero attached hydrogens (tertiary/aromatic N) is 4. The van der Waals surface area contributed by atoms with Crippen molar-refractivity contribution >= 4 is 34.1 Å². The zero-order valence-electron chi connectivity index (χ0n) is 22.7. The standard InChI is InChI=1S/C29H37FN6O2/c1-29(2,3)38-28(37)36-11-8-20(9-12-36)26-18-23-25(7-10-31-27(23)33-26)32-22-5-6-24(30)21(17-22)19-35-15-13-34(4)14-16-35/h5-8,10,17-18H,9,11-16,19H2,1-4H3,(H2,31,32,33). The molecule has 2 aromatic heterocycles. The number of aromatic nitrogens is 2. The Hall–Kier alpha value is -3.43. The number of carbonyl (C=O) groups is 1. The van der Waals surface area contributed by atoms with E-state index in [1.165, 1.54) is 6.07 Å². The van der Waals surface area contributed by atoms with Gasteiger partial charge in [0.2, 0.25) is 0 Å². The number of carbonyl (C=O) groups excluding carboxylic acids is 1. The minimum atomic E-state index is -0.511. The molecule has 38 heavy (non-hydrogen) atoms. The van der Waals surface area contributed by atoms with Crippen molar-refractivity contribution in [3.05, 3.63) is 59.7 Å². The summed E-state index contributed by atoms with van der Waals surface area (Å²) in [6.07, 6.45) is 4.26. The van der Waals surface area contributed by atoms with Crippen LogP contribution in [0.1, 0.15) is 38.4 Å². The Kier molecular flexibility index (Phi) is 7.40. The highest BCUT2D eigenvalue weighted by Gasteiger charge is 2.24. The highest BCUT2D eigenvalue weighted by molar-refractivity contribution is 5.94. The molecule has 9 heteroatoms. The van der Waals surface area contributed by atoms with E-state index in [0.29, 0.717) is 25.2 Å². The largest absolute Gasteiger partial charge is 0.444 e. The lowest BCUT2D eigenvalue weighted by Crippen LogP contribution is -2.44. The quantitative estimate of drug-likeness (QED) is 0.481. The molecule has 0 saturated carbocycles. The minimum absolute atomic E-state index is 0.178. The van der Waals surface area contributed by atoms with E-state index in [0.717, 1.165) is 66.3 Å². The molecule has 0 bridgehead atoms. The topological polar surface area (TPSA) is 76.7 Å². The third-order valence-corrected chi connectivity index (χ3v) is 7.05. The summed E-state index contributed by atoms with van der Waals surface area (Å²) in [6.45, 7) is 11.2. The van der Waals surface area contributed by atoms with Gasteiger partial charge in [-0.05, 0) is 70.1 Å². The number of ether oxygens (including phenoxy) is 1. The summed E-state index contributed by atoms with van der Waals surface area (Å²) in [5.74, 6) is -0.178. The second-order valence-electron chi connectivity index (χ2n) is 11.2. The molecule has 2 aliphatic heterocycles. The van der Waals surface area contributed by atoms with Crippen LogP contribution in [0.2, 0.25) is 0 Å². The van der Waals surface area contributed by atoms with E-state index in [2.05, 4.69) is 44.3 Å². The van der Waals surface area contributed by atoms with Crippen LogP contribution in [-0.4, -0.2) is 82.7 Å². The number of hydrogen-bond acceptors (Lipinski definition) is 6. The summed E-state index contributed by atoms with van der Waals surface area (Å²) in [5, 5.41) is 4.44. The van der Waals surface area contributed by atoms with E-state index in [1.807, 2.05) is 32.9 Å². The first-order chi connectivity index (χ1) is 18.1. The van der Waals surface area contributed by atoms with Gasteiger partial charge < -0.3 is 24.8 Å². The lowest BCUT2D eigenvalue weighted by Gasteiger charge is -2.32. The fraction of sp³-hybridized carbons (Fsp3) is 0.448. The molecule has 0 unspecified atom stereocenters. The number of aromatic amines is 1. The number of rotatable bonds is 5. The molecule has 3 aromatic rings. The van der Waals surface area contributed by atoms with E-state index in [9.17, 15) is 9.18 Å². The van der Waals surface area contributed by atoms with Gasteiger partial charge in [-0.25, -0.2) is 14.2 Å². The lowest BCUT2D eigenvalue weighted by molar-refractivity contribution is 0.0270. The number of likely N-dealkylation sites (N-methyl/N-ethyl adjacent to an activating group) is 1. The Morgan fingerprint density at radius 1 is 1.13 bits per heavy atom. The number of hydrogen-bond donors (Lipinski definition) is 2.